The molecule has 1 fully saturated rings. The lowest BCUT2D eigenvalue weighted by molar-refractivity contribution is -0.133. The highest BCUT2D eigenvalue weighted by molar-refractivity contribution is 7.13. The van der Waals surface area contributed by atoms with Crippen molar-refractivity contribution in [2.45, 2.75) is 45.7 Å². The van der Waals surface area contributed by atoms with E-state index in [1.165, 1.54) is 12.8 Å². The molecule has 4 rings (SSSR count). The third-order valence-corrected chi connectivity index (χ3v) is 6.86. The first-order valence-corrected chi connectivity index (χ1v) is 12.1. The van der Waals surface area contributed by atoms with Crippen LogP contribution in [0.15, 0.2) is 53.9 Å². The van der Waals surface area contributed by atoms with Crippen molar-refractivity contribution < 1.29 is 14.3 Å². The Morgan fingerprint density at radius 2 is 1.81 bits per heavy atom. The van der Waals surface area contributed by atoms with Crippen molar-refractivity contribution in [3.05, 3.63) is 65.2 Å². The summed E-state index contributed by atoms with van der Waals surface area (Å²) in [7, 11) is 1.66. The first-order valence-electron chi connectivity index (χ1n) is 11.2. The van der Waals surface area contributed by atoms with Crippen LogP contribution >= 0.6 is 11.3 Å². The molecular weight excluding hydrogens is 420 g/mol. The molecular formula is C26H30N2O3S. The Hall–Kier alpha value is -2.86. The quantitative estimate of drug-likeness (QED) is 0.404. The molecule has 0 bridgehead atoms. The Kier molecular flexibility index (Phi) is 7.10. The van der Waals surface area contributed by atoms with Crippen LogP contribution in [0, 0.1) is 5.92 Å². The smallest absolute Gasteiger partial charge is 0.229 e. The second-order valence-corrected chi connectivity index (χ2v) is 9.08. The highest BCUT2D eigenvalue weighted by Crippen LogP contribution is 2.36. The monoisotopic (exact) mass is 450 g/mol. The molecule has 1 aliphatic rings. The van der Waals surface area contributed by atoms with Gasteiger partial charge in [0.2, 0.25) is 5.91 Å². The lowest BCUT2D eigenvalue weighted by Gasteiger charge is -2.29. The van der Waals surface area contributed by atoms with Gasteiger partial charge in [-0.05, 0) is 74.6 Å². The minimum atomic E-state index is 0.128. The van der Waals surface area contributed by atoms with Crippen LogP contribution in [0.25, 0.3) is 10.6 Å². The molecule has 0 saturated heterocycles. The summed E-state index contributed by atoms with van der Waals surface area (Å²) in [6.45, 7) is 5.40. The van der Waals surface area contributed by atoms with Crippen molar-refractivity contribution in [1.82, 2.24) is 9.88 Å². The van der Waals surface area contributed by atoms with E-state index in [1.54, 1.807) is 18.4 Å². The molecule has 0 aliphatic heterocycles. The number of ether oxygens (including phenoxy) is 2. The minimum Gasteiger partial charge on any atom is -0.497 e. The Bertz CT molecular complexity index is 1030. The number of methoxy groups -OCH3 is 1. The molecule has 1 saturated carbocycles. The van der Waals surface area contributed by atoms with Crippen molar-refractivity contribution >= 4 is 17.2 Å². The van der Waals surface area contributed by atoms with Crippen molar-refractivity contribution in [1.29, 1.82) is 0 Å². The van der Waals surface area contributed by atoms with Gasteiger partial charge in [0.25, 0.3) is 0 Å². The van der Waals surface area contributed by atoms with Gasteiger partial charge in [0, 0.05) is 23.5 Å². The maximum Gasteiger partial charge on any atom is 0.229 e. The molecule has 0 N–H and O–H groups in total. The van der Waals surface area contributed by atoms with Crippen molar-refractivity contribution in [3.63, 3.8) is 0 Å². The maximum atomic E-state index is 13.3. The number of hydrogen-bond acceptors (Lipinski definition) is 5. The summed E-state index contributed by atoms with van der Waals surface area (Å²) >= 11 is 1.57. The average molecular weight is 451 g/mol. The normalized spacial score (nSPS) is 14.1. The number of amides is 1. The molecule has 5 nitrogen and oxygen atoms in total. The maximum absolute atomic E-state index is 13.3. The molecule has 3 aromatic rings. The first kappa shape index (κ1) is 22.3. The van der Waals surface area contributed by atoms with Gasteiger partial charge in [-0.1, -0.05) is 12.1 Å². The van der Waals surface area contributed by atoms with E-state index in [-0.39, 0.29) is 11.9 Å². The van der Waals surface area contributed by atoms with Gasteiger partial charge in [-0.15, -0.1) is 11.3 Å². The number of thiazole rings is 1. The second kappa shape index (κ2) is 10.2. The summed E-state index contributed by atoms with van der Waals surface area (Å²) in [5.74, 6) is 2.41. The third kappa shape index (κ3) is 5.49. The zero-order valence-corrected chi connectivity index (χ0v) is 19.7. The summed E-state index contributed by atoms with van der Waals surface area (Å²) in [5.41, 5.74) is 2.98. The van der Waals surface area contributed by atoms with Crippen LogP contribution in [0.3, 0.4) is 0 Å². The molecule has 6 heteroatoms. The standard InChI is InChI=1S/C26H30N2O3S/c1-4-31-24-13-9-21(10-14-24)26-27-22(17-32-26)15-25(29)28(18(2)20-7-8-20)16-19-5-11-23(30-3)12-6-19/h5-6,9-14,17-18,20H,4,7-8,15-16H2,1-3H3. The molecule has 0 radical (unpaired) electrons. The number of rotatable bonds is 10. The topological polar surface area (TPSA) is 51.7 Å². The van der Waals surface area contributed by atoms with Crippen LogP contribution in [-0.4, -0.2) is 35.5 Å². The molecule has 1 aromatic heterocycles. The van der Waals surface area contributed by atoms with Crippen LogP contribution in [0.1, 0.15) is 37.9 Å². The number of aromatic nitrogens is 1. The van der Waals surface area contributed by atoms with E-state index in [4.69, 9.17) is 14.5 Å². The summed E-state index contributed by atoms with van der Waals surface area (Å²) in [5, 5.41) is 2.92. The van der Waals surface area contributed by atoms with E-state index >= 15 is 0 Å². The summed E-state index contributed by atoms with van der Waals surface area (Å²) in [6, 6.07) is 16.1. The molecule has 168 valence electrons. The summed E-state index contributed by atoms with van der Waals surface area (Å²) in [4.78, 5) is 20.1. The molecule has 1 aliphatic carbocycles. The van der Waals surface area contributed by atoms with Crippen LogP contribution < -0.4 is 9.47 Å². The zero-order chi connectivity index (χ0) is 22.5. The summed E-state index contributed by atoms with van der Waals surface area (Å²) < 4.78 is 10.8. The number of carbonyl (C=O) groups is 1. The van der Waals surface area contributed by atoms with Gasteiger partial charge in [0.1, 0.15) is 16.5 Å². The SMILES string of the molecule is CCOc1ccc(-c2nc(CC(=O)N(Cc3ccc(OC)cc3)C(C)C3CC3)cs2)cc1. The Morgan fingerprint density at radius 1 is 1.12 bits per heavy atom. The van der Waals surface area contributed by atoms with Gasteiger partial charge < -0.3 is 14.4 Å². The highest BCUT2D eigenvalue weighted by atomic mass is 32.1. The van der Waals surface area contributed by atoms with Gasteiger partial charge >= 0.3 is 0 Å². The fourth-order valence-electron chi connectivity index (χ4n) is 3.86. The van der Waals surface area contributed by atoms with Crippen molar-refractivity contribution in [2.75, 3.05) is 13.7 Å². The van der Waals surface area contributed by atoms with Gasteiger partial charge in [0.15, 0.2) is 0 Å². The molecule has 1 unspecified atom stereocenters. The van der Waals surface area contributed by atoms with Gasteiger partial charge in [-0.2, -0.15) is 0 Å². The van der Waals surface area contributed by atoms with Crippen LogP contribution in [0.5, 0.6) is 11.5 Å². The third-order valence-electron chi connectivity index (χ3n) is 5.92. The van der Waals surface area contributed by atoms with E-state index in [9.17, 15) is 4.79 Å². The van der Waals surface area contributed by atoms with E-state index in [0.29, 0.717) is 25.5 Å². The number of hydrogen-bond donors (Lipinski definition) is 0. The lowest BCUT2D eigenvalue weighted by Crippen LogP contribution is -2.40. The van der Waals surface area contributed by atoms with Crippen LogP contribution in [-0.2, 0) is 17.8 Å². The predicted octanol–water partition coefficient (Wildman–Crippen LogP) is 5.59. The van der Waals surface area contributed by atoms with Gasteiger partial charge in [-0.25, -0.2) is 4.98 Å². The van der Waals surface area contributed by atoms with Crippen molar-refractivity contribution in [2.24, 2.45) is 5.92 Å². The fraction of sp³-hybridized carbons (Fsp3) is 0.385. The lowest BCUT2D eigenvalue weighted by atomic mass is 10.1. The van der Waals surface area contributed by atoms with Gasteiger partial charge in [-0.3, -0.25) is 4.79 Å². The second-order valence-electron chi connectivity index (χ2n) is 8.23. The van der Waals surface area contributed by atoms with E-state index < -0.39 is 0 Å². The molecule has 0 spiro atoms. The summed E-state index contributed by atoms with van der Waals surface area (Å²) in [6.07, 6.45) is 2.72. The zero-order valence-electron chi connectivity index (χ0n) is 18.9. The minimum absolute atomic E-state index is 0.128. The average Bonchev–Trinajstić information content (AvgIpc) is 3.57. The number of nitrogens with zero attached hydrogens (tertiary/aromatic N) is 2. The molecule has 1 amide bonds. The fourth-order valence-corrected chi connectivity index (χ4v) is 4.68. The van der Waals surface area contributed by atoms with E-state index in [0.717, 1.165) is 33.3 Å². The molecule has 1 atom stereocenters. The van der Waals surface area contributed by atoms with Crippen LogP contribution in [0.4, 0.5) is 0 Å². The van der Waals surface area contributed by atoms with E-state index in [2.05, 4.69) is 6.92 Å². The molecule has 1 heterocycles. The Balaban J connectivity index is 1.45. The Labute approximate surface area is 194 Å². The van der Waals surface area contributed by atoms with Gasteiger partial charge in [0.05, 0.1) is 25.8 Å². The first-order chi connectivity index (χ1) is 15.6. The number of carbonyl (C=O) groups excluding carboxylic acids is 1. The predicted molar refractivity (Wildman–Crippen MR) is 128 cm³/mol. The highest BCUT2D eigenvalue weighted by Gasteiger charge is 2.34. The molecule has 2 aromatic carbocycles. The van der Waals surface area contributed by atoms with Crippen molar-refractivity contribution in [3.8, 4) is 22.1 Å². The Morgan fingerprint density at radius 3 is 2.44 bits per heavy atom. The largest absolute Gasteiger partial charge is 0.497 e. The number of benzene rings is 2. The van der Waals surface area contributed by atoms with Crippen LogP contribution in [0.2, 0.25) is 0 Å². The molecule has 32 heavy (non-hydrogen) atoms. The van der Waals surface area contributed by atoms with E-state index in [1.807, 2.05) is 65.7 Å².